The number of likely N-dealkylation sites (tertiary alicyclic amines) is 1. The van der Waals surface area contributed by atoms with Crippen LogP contribution in [0.2, 0.25) is 0 Å². The molecule has 1 heterocycles. The molecule has 1 saturated heterocycles. The fourth-order valence-electron chi connectivity index (χ4n) is 4.14. The number of carbonyl (C=O) groups is 1. The van der Waals surface area contributed by atoms with Gasteiger partial charge in [0.15, 0.2) is 11.5 Å². The molecular weight excluding hydrogens is 266 g/mol. The van der Waals surface area contributed by atoms with E-state index in [-0.39, 0.29) is 11.3 Å². The van der Waals surface area contributed by atoms with Gasteiger partial charge in [-0.05, 0) is 30.5 Å². The largest absolute Gasteiger partial charge is 0.493 e. The number of benzene rings is 1. The van der Waals surface area contributed by atoms with E-state index in [4.69, 9.17) is 9.47 Å². The van der Waals surface area contributed by atoms with Crippen LogP contribution in [0, 0.1) is 0 Å². The third-order valence-corrected chi connectivity index (χ3v) is 5.27. The summed E-state index contributed by atoms with van der Waals surface area (Å²) in [4.78, 5) is 14.2. The first kappa shape index (κ1) is 14.2. The van der Waals surface area contributed by atoms with Crippen molar-refractivity contribution >= 4 is 5.91 Å². The number of fused-ring (bicyclic) bond motifs is 1. The lowest BCUT2D eigenvalue weighted by Gasteiger charge is -2.41. The molecular formula is C17H23NO3. The van der Waals surface area contributed by atoms with Crippen molar-refractivity contribution in [3.05, 3.63) is 23.8 Å². The summed E-state index contributed by atoms with van der Waals surface area (Å²) in [6.07, 6.45) is 5.17. The van der Waals surface area contributed by atoms with Gasteiger partial charge < -0.3 is 14.4 Å². The van der Waals surface area contributed by atoms with Crippen LogP contribution >= 0.6 is 0 Å². The Bertz CT molecular complexity index is 557. The van der Waals surface area contributed by atoms with Crippen molar-refractivity contribution < 1.29 is 14.3 Å². The fourth-order valence-corrected chi connectivity index (χ4v) is 4.14. The normalized spacial score (nSPS) is 28.4. The minimum atomic E-state index is -0.0519. The second kappa shape index (κ2) is 5.24. The van der Waals surface area contributed by atoms with Gasteiger partial charge in [-0.3, -0.25) is 4.79 Å². The summed E-state index contributed by atoms with van der Waals surface area (Å²) in [5, 5.41) is 0. The van der Waals surface area contributed by atoms with Gasteiger partial charge >= 0.3 is 0 Å². The highest BCUT2D eigenvalue weighted by Gasteiger charge is 2.52. The third-order valence-electron chi connectivity index (χ3n) is 5.27. The molecule has 2 fully saturated rings. The van der Waals surface area contributed by atoms with E-state index in [1.54, 1.807) is 14.2 Å². The molecule has 1 saturated carbocycles. The Kier molecular flexibility index (Phi) is 3.56. The number of carbonyl (C=O) groups excluding carboxylic acids is 1. The van der Waals surface area contributed by atoms with Crippen molar-refractivity contribution in [3.8, 4) is 11.5 Å². The number of rotatable bonds is 3. The van der Waals surface area contributed by atoms with Crippen LogP contribution in [0.15, 0.2) is 18.2 Å². The molecule has 4 heteroatoms. The summed E-state index contributed by atoms with van der Waals surface area (Å²) < 4.78 is 10.8. The second-order valence-corrected chi connectivity index (χ2v) is 6.17. The number of methoxy groups -OCH3 is 2. The van der Waals surface area contributed by atoms with Crippen LogP contribution in [0.5, 0.6) is 11.5 Å². The average Bonchev–Trinajstić information content (AvgIpc) is 2.79. The molecule has 0 N–H and O–H groups in total. The van der Waals surface area contributed by atoms with E-state index in [1.165, 1.54) is 18.4 Å². The fraction of sp³-hybridized carbons (Fsp3) is 0.588. The molecule has 1 aliphatic carbocycles. The maximum atomic E-state index is 12.3. The number of hydrogen-bond acceptors (Lipinski definition) is 3. The van der Waals surface area contributed by atoms with Crippen molar-refractivity contribution in [1.82, 2.24) is 4.90 Å². The van der Waals surface area contributed by atoms with Crippen molar-refractivity contribution in [1.29, 1.82) is 0 Å². The number of nitrogens with zero attached hydrogens (tertiary/aromatic N) is 1. The summed E-state index contributed by atoms with van der Waals surface area (Å²) >= 11 is 0. The van der Waals surface area contributed by atoms with Gasteiger partial charge in [0, 0.05) is 24.9 Å². The van der Waals surface area contributed by atoms with Crippen LogP contribution in [0.4, 0.5) is 0 Å². The highest BCUT2D eigenvalue weighted by molar-refractivity contribution is 5.81. The zero-order chi connectivity index (χ0) is 15.0. The Morgan fingerprint density at radius 3 is 2.67 bits per heavy atom. The van der Waals surface area contributed by atoms with Crippen LogP contribution in [-0.2, 0) is 10.2 Å². The minimum Gasteiger partial charge on any atom is -0.493 e. The van der Waals surface area contributed by atoms with Crippen molar-refractivity contribution in [2.45, 2.75) is 43.6 Å². The first-order valence-electron chi connectivity index (χ1n) is 7.60. The maximum absolute atomic E-state index is 12.3. The first-order valence-corrected chi connectivity index (χ1v) is 7.60. The van der Waals surface area contributed by atoms with Crippen molar-refractivity contribution in [2.24, 2.45) is 0 Å². The minimum absolute atomic E-state index is 0.0519. The number of ether oxygens (including phenoxy) is 2. The van der Waals surface area contributed by atoms with Crippen molar-refractivity contribution in [3.63, 3.8) is 0 Å². The van der Waals surface area contributed by atoms with Crippen LogP contribution < -0.4 is 9.47 Å². The molecule has 1 aromatic carbocycles. The Labute approximate surface area is 126 Å². The third kappa shape index (κ3) is 2.08. The lowest BCUT2D eigenvalue weighted by molar-refractivity contribution is -0.127. The molecule has 0 spiro atoms. The molecule has 2 aliphatic rings. The van der Waals surface area contributed by atoms with Gasteiger partial charge in [0.2, 0.25) is 5.91 Å². The SMILES string of the molecule is COc1ccc([C@@]23CCCC[C@@H]2N(C)C(=O)C3)cc1OC. The van der Waals surface area contributed by atoms with Crippen molar-refractivity contribution in [2.75, 3.05) is 21.3 Å². The van der Waals surface area contributed by atoms with Gasteiger partial charge in [-0.2, -0.15) is 0 Å². The van der Waals surface area contributed by atoms with E-state index in [1.807, 2.05) is 18.0 Å². The van der Waals surface area contributed by atoms with Crippen LogP contribution in [0.1, 0.15) is 37.7 Å². The molecule has 1 aromatic rings. The first-order chi connectivity index (χ1) is 10.1. The van der Waals surface area contributed by atoms with E-state index < -0.39 is 0 Å². The molecule has 3 rings (SSSR count). The highest BCUT2D eigenvalue weighted by atomic mass is 16.5. The molecule has 1 amide bonds. The van der Waals surface area contributed by atoms with Gasteiger partial charge in [0.05, 0.1) is 14.2 Å². The summed E-state index contributed by atoms with van der Waals surface area (Å²) in [5.41, 5.74) is 1.16. The monoisotopic (exact) mass is 289 g/mol. The molecule has 114 valence electrons. The maximum Gasteiger partial charge on any atom is 0.223 e. The summed E-state index contributed by atoms with van der Waals surface area (Å²) in [6.45, 7) is 0. The number of amides is 1. The molecule has 0 aromatic heterocycles. The predicted octanol–water partition coefficient (Wildman–Crippen LogP) is 2.75. The Hall–Kier alpha value is -1.71. The quantitative estimate of drug-likeness (QED) is 0.859. The Morgan fingerprint density at radius 2 is 1.95 bits per heavy atom. The predicted molar refractivity (Wildman–Crippen MR) is 80.9 cm³/mol. The Morgan fingerprint density at radius 1 is 1.19 bits per heavy atom. The van der Waals surface area contributed by atoms with E-state index in [0.29, 0.717) is 12.5 Å². The summed E-state index contributed by atoms with van der Waals surface area (Å²) in [7, 11) is 5.25. The zero-order valence-electron chi connectivity index (χ0n) is 13.0. The van der Waals surface area contributed by atoms with E-state index in [0.717, 1.165) is 24.3 Å². The molecule has 21 heavy (non-hydrogen) atoms. The molecule has 0 unspecified atom stereocenters. The van der Waals surface area contributed by atoms with Crippen LogP contribution in [0.3, 0.4) is 0 Å². The summed E-state index contributed by atoms with van der Waals surface area (Å²) in [5.74, 6) is 1.75. The standard InChI is InChI=1S/C17H23NO3/c1-18-15-6-4-5-9-17(15,11-16(18)19)12-7-8-13(20-2)14(10-12)21-3/h7-8,10,15H,4-6,9,11H2,1-3H3/t15-,17-/m0/s1. The van der Waals surface area contributed by atoms with E-state index >= 15 is 0 Å². The number of hydrogen-bond donors (Lipinski definition) is 0. The van der Waals surface area contributed by atoms with E-state index in [9.17, 15) is 4.79 Å². The zero-order valence-corrected chi connectivity index (χ0v) is 13.0. The smallest absolute Gasteiger partial charge is 0.223 e. The Balaban J connectivity index is 2.06. The van der Waals surface area contributed by atoms with Crippen LogP contribution in [0.25, 0.3) is 0 Å². The van der Waals surface area contributed by atoms with Gasteiger partial charge in [0.25, 0.3) is 0 Å². The highest BCUT2D eigenvalue weighted by Crippen LogP contribution is 2.50. The summed E-state index contributed by atoms with van der Waals surface area (Å²) in [6, 6.07) is 6.43. The lowest BCUT2D eigenvalue weighted by Crippen LogP contribution is -2.43. The second-order valence-electron chi connectivity index (χ2n) is 6.17. The molecule has 4 nitrogen and oxygen atoms in total. The average molecular weight is 289 g/mol. The van der Waals surface area contributed by atoms with Gasteiger partial charge in [-0.15, -0.1) is 0 Å². The topological polar surface area (TPSA) is 38.8 Å². The number of likely N-dealkylation sites (N-methyl/N-ethyl adjacent to an activating group) is 1. The lowest BCUT2D eigenvalue weighted by atomic mass is 9.66. The van der Waals surface area contributed by atoms with Gasteiger partial charge in [-0.25, -0.2) is 0 Å². The molecule has 2 atom stereocenters. The van der Waals surface area contributed by atoms with Crippen LogP contribution in [-0.4, -0.2) is 38.1 Å². The molecule has 0 bridgehead atoms. The van der Waals surface area contributed by atoms with Gasteiger partial charge in [-0.1, -0.05) is 18.9 Å². The van der Waals surface area contributed by atoms with E-state index in [2.05, 4.69) is 12.1 Å². The molecule has 0 radical (unpaired) electrons. The van der Waals surface area contributed by atoms with Gasteiger partial charge in [0.1, 0.15) is 0 Å². The molecule has 1 aliphatic heterocycles.